The lowest BCUT2D eigenvalue weighted by atomic mass is 9.83. The second-order valence-electron chi connectivity index (χ2n) is 6.10. The van der Waals surface area contributed by atoms with E-state index in [0.717, 1.165) is 31.2 Å². The van der Waals surface area contributed by atoms with Gasteiger partial charge in [-0.05, 0) is 31.9 Å². The van der Waals surface area contributed by atoms with Crippen LogP contribution in [0.4, 0.5) is 0 Å². The molecule has 0 aliphatic heterocycles. The van der Waals surface area contributed by atoms with Gasteiger partial charge >= 0.3 is 0 Å². The molecule has 122 valence electrons. The standard InChI is InChI=1S/C17H22N4O2/c1-11(19-14-10-6-5-9-13(14)15(18)22)16-20-21-17(23-16)12-7-3-2-4-8-12/h2-4,7-8,11,13-14,19H,5-6,9-10H2,1H3,(H2,18,22). The summed E-state index contributed by atoms with van der Waals surface area (Å²) in [6.07, 6.45) is 3.95. The van der Waals surface area contributed by atoms with Gasteiger partial charge < -0.3 is 15.5 Å². The van der Waals surface area contributed by atoms with E-state index >= 15 is 0 Å². The molecule has 1 aliphatic carbocycles. The zero-order valence-corrected chi connectivity index (χ0v) is 13.2. The van der Waals surface area contributed by atoms with Crippen molar-refractivity contribution in [2.45, 2.75) is 44.7 Å². The summed E-state index contributed by atoms with van der Waals surface area (Å²) in [7, 11) is 0. The van der Waals surface area contributed by atoms with Crippen molar-refractivity contribution in [3.05, 3.63) is 36.2 Å². The number of nitrogens with two attached hydrogens (primary N) is 1. The number of primary amides is 1. The summed E-state index contributed by atoms with van der Waals surface area (Å²) in [6.45, 7) is 1.97. The van der Waals surface area contributed by atoms with Crippen LogP contribution in [0.5, 0.6) is 0 Å². The van der Waals surface area contributed by atoms with Crippen molar-refractivity contribution in [1.29, 1.82) is 0 Å². The summed E-state index contributed by atoms with van der Waals surface area (Å²) in [5.74, 6) is 0.676. The molecule has 6 heteroatoms. The molecule has 3 unspecified atom stereocenters. The Kier molecular flexibility index (Phi) is 4.71. The Morgan fingerprint density at radius 1 is 1.26 bits per heavy atom. The molecule has 3 atom stereocenters. The van der Waals surface area contributed by atoms with Crippen LogP contribution < -0.4 is 11.1 Å². The molecule has 3 rings (SSSR count). The van der Waals surface area contributed by atoms with E-state index in [2.05, 4.69) is 15.5 Å². The van der Waals surface area contributed by atoms with Crippen LogP contribution in [0.3, 0.4) is 0 Å². The smallest absolute Gasteiger partial charge is 0.247 e. The lowest BCUT2D eigenvalue weighted by Crippen LogP contribution is -2.45. The fourth-order valence-corrected chi connectivity index (χ4v) is 3.17. The molecular formula is C17H22N4O2. The van der Waals surface area contributed by atoms with E-state index in [-0.39, 0.29) is 23.9 Å². The van der Waals surface area contributed by atoms with Crippen LogP contribution in [0.15, 0.2) is 34.7 Å². The molecule has 1 aromatic heterocycles. The van der Waals surface area contributed by atoms with Gasteiger partial charge in [0.25, 0.3) is 0 Å². The normalized spacial score (nSPS) is 22.7. The summed E-state index contributed by atoms with van der Waals surface area (Å²) in [6, 6.07) is 9.62. The Balaban J connectivity index is 1.70. The molecule has 6 nitrogen and oxygen atoms in total. The van der Waals surface area contributed by atoms with Crippen LogP contribution in [-0.4, -0.2) is 22.1 Å². The topological polar surface area (TPSA) is 94.0 Å². The predicted molar refractivity (Wildman–Crippen MR) is 86.2 cm³/mol. The fourth-order valence-electron chi connectivity index (χ4n) is 3.17. The Morgan fingerprint density at radius 2 is 2.00 bits per heavy atom. The van der Waals surface area contributed by atoms with E-state index in [4.69, 9.17) is 10.2 Å². The highest BCUT2D eigenvalue weighted by atomic mass is 16.4. The summed E-state index contributed by atoms with van der Waals surface area (Å²) in [5, 5.41) is 11.7. The van der Waals surface area contributed by atoms with Gasteiger partial charge in [-0.2, -0.15) is 0 Å². The van der Waals surface area contributed by atoms with E-state index in [0.29, 0.717) is 11.8 Å². The minimum Gasteiger partial charge on any atom is -0.419 e. The molecular weight excluding hydrogens is 292 g/mol. The van der Waals surface area contributed by atoms with Gasteiger partial charge in [0.2, 0.25) is 17.7 Å². The predicted octanol–water partition coefficient (Wildman–Crippen LogP) is 2.43. The van der Waals surface area contributed by atoms with Crippen molar-refractivity contribution < 1.29 is 9.21 Å². The van der Waals surface area contributed by atoms with Gasteiger partial charge in [-0.1, -0.05) is 31.0 Å². The van der Waals surface area contributed by atoms with Gasteiger partial charge in [-0.3, -0.25) is 4.79 Å². The zero-order chi connectivity index (χ0) is 16.2. The van der Waals surface area contributed by atoms with Crippen molar-refractivity contribution in [2.24, 2.45) is 11.7 Å². The monoisotopic (exact) mass is 314 g/mol. The van der Waals surface area contributed by atoms with Gasteiger partial charge in [0, 0.05) is 11.6 Å². The highest BCUT2D eigenvalue weighted by Gasteiger charge is 2.31. The van der Waals surface area contributed by atoms with E-state index in [9.17, 15) is 4.79 Å². The third kappa shape index (κ3) is 3.59. The third-order valence-corrected chi connectivity index (χ3v) is 4.43. The van der Waals surface area contributed by atoms with E-state index < -0.39 is 0 Å². The molecule has 1 fully saturated rings. The maximum absolute atomic E-state index is 11.6. The Hall–Kier alpha value is -2.21. The average molecular weight is 314 g/mol. The molecule has 0 radical (unpaired) electrons. The first-order chi connectivity index (χ1) is 11.1. The van der Waals surface area contributed by atoms with Gasteiger partial charge in [-0.15, -0.1) is 10.2 Å². The second-order valence-corrected chi connectivity index (χ2v) is 6.10. The highest BCUT2D eigenvalue weighted by molar-refractivity contribution is 5.77. The Labute approximate surface area is 135 Å². The number of hydrogen-bond donors (Lipinski definition) is 2. The molecule has 1 aromatic carbocycles. The summed E-state index contributed by atoms with van der Waals surface area (Å²) < 4.78 is 5.77. The molecule has 3 N–H and O–H groups in total. The number of carbonyl (C=O) groups is 1. The number of rotatable bonds is 5. The number of hydrogen-bond acceptors (Lipinski definition) is 5. The van der Waals surface area contributed by atoms with Gasteiger partial charge in [0.15, 0.2) is 0 Å². The summed E-state index contributed by atoms with van der Waals surface area (Å²) in [5.41, 5.74) is 6.42. The number of amides is 1. The van der Waals surface area contributed by atoms with Crippen molar-refractivity contribution in [3.8, 4) is 11.5 Å². The molecule has 1 aliphatic rings. The van der Waals surface area contributed by atoms with E-state index in [1.54, 1.807) is 0 Å². The maximum atomic E-state index is 11.6. The highest BCUT2D eigenvalue weighted by Crippen LogP contribution is 2.27. The SMILES string of the molecule is CC(NC1CCCCC1C(N)=O)c1nnc(-c2ccccc2)o1. The van der Waals surface area contributed by atoms with Crippen LogP contribution in [-0.2, 0) is 4.79 Å². The molecule has 1 saturated carbocycles. The summed E-state index contributed by atoms with van der Waals surface area (Å²) in [4.78, 5) is 11.6. The number of nitrogens with zero attached hydrogens (tertiary/aromatic N) is 2. The number of aromatic nitrogens is 2. The van der Waals surface area contributed by atoms with Crippen molar-refractivity contribution in [1.82, 2.24) is 15.5 Å². The molecule has 0 saturated heterocycles. The van der Waals surface area contributed by atoms with Gasteiger partial charge in [0.1, 0.15) is 0 Å². The molecule has 0 bridgehead atoms. The van der Waals surface area contributed by atoms with Crippen LogP contribution in [0.25, 0.3) is 11.5 Å². The van der Waals surface area contributed by atoms with E-state index in [1.165, 1.54) is 0 Å². The number of nitrogens with one attached hydrogen (secondary N) is 1. The lowest BCUT2D eigenvalue weighted by Gasteiger charge is -2.31. The van der Waals surface area contributed by atoms with Gasteiger partial charge in [-0.25, -0.2) is 0 Å². The minimum absolute atomic E-state index is 0.0725. The van der Waals surface area contributed by atoms with Crippen LogP contribution in [0.2, 0.25) is 0 Å². The summed E-state index contributed by atoms with van der Waals surface area (Å²) >= 11 is 0. The van der Waals surface area contributed by atoms with E-state index in [1.807, 2.05) is 37.3 Å². The first-order valence-electron chi connectivity index (χ1n) is 8.09. The van der Waals surface area contributed by atoms with Gasteiger partial charge in [0.05, 0.1) is 12.0 Å². The van der Waals surface area contributed by atoms with Crippen LogP contribution in [0.1, 0.15) is 44.5 Å². The Morgan fingerprint density at radius 3 is 2.74 bits per heavy atom. The second kappa shape index (κ2) is 6.91. The molecule has 1 amide bonds. The largest absolute Gasteiger partial charge is 0.419 e. The first kappa shape index (κ1) is 15.7. The first-order valence-corrected chi connectivity index (χ1v) is 8.09. The van der Waals surface area contributed by atoms with Crippen molar-refractivity contribution in [3.63, 3.8) is 0 Å². The molecule has 23 heavy (non-hydrogen) atoms. The quantitative estimate of drug-likeness (QED) is 0.884. The van der Waals surface area contributed by atoms with Crippen molar-refractivity contribution in [2.75, 3.05) is 0 Å². The Bertz CT molecular complexity index is 656. The zero-order valence-electron chi connectivity index (χ0n) is 13.2. The number of carbonyl (C=O) groups excluding carboxylic acids is 1. The molecule has 1 heterocycles. The van der Waals surface area contributed by atoms with Crippen molar-refractivity contribution >= 4 is 5.91 Å². The maximum Gasteiger partial charge on any atom is 0.247 e. The lowest BCUT2D eigenvalue weighted by molar-refractivity contribution is -0.123. The fraction of sp³-hybridized carbons (Fsp3) is 0.471. The number of benzene rings is 1. The molecule has 2 aromatic rings. The van der Waals surface area contributed by atoms with Crippen LogP contribution >= 0.6 is 0 Å². The third-order valence-electron chi connectivity index (χ3n) is 4.43. The molecule has 0 spiro atoms. The average Bonchev–Trinajstić information content (AvgIpc) is 3.06. The van der Waals surface area contributed by atoms with Crippen LogP contribution in [0, 0.1) is 5.92 Å². The minimum atomic E-state index is -0.232.